The second kappa shape index (κ2) is 11.5. The summed E-state index contributed by atoms with van der Waals surface area (Å²) in [6, 6.07) is 1.69. The quantitative estimate of drug-likeness (QED) is 0.275. The Bertz CT molecular complexity index is 1520. The van der Waals surface area contributed by atoms with Crippen molar-refractivity contribution in [2.24, 2.45) is 7.05 Å². The average molecular weight is 579 g/mol. The van der Waals surface area contributed by atoms with Crippen LogP contribution in [0, 0.1) is 0 Å². The minimum Gasteiger partial charge on any atom is -0.479 e. The predicted molar refractivity (Wildman–Crippen MR) is 140 cm³/mol. The SMILES string of the molecule is COc1ncnc(OC)c1-n1c(NS(=O)(=O)[C@@H](C)[C@@H](OC(C)C)c2ncc(Cl)cn2)nnc1-c1ccn(C)n1. The zero-order valence-electron chi connectivity index (χ0n) is 22.0. The molecule has 0 aliphatic heterocycles. The molecule has 0 aromatic carbocycles. The summed E-state index contributed by atoms with van der Waals surface area (Å²) in [6.07, 6.45) is 4.33. The largest absolute Gasteiger partial charge is 0.479 e. The van der Waals surface area contributed by atoms with E-state index < -0.39 is 21.4 Å². The first kappa shape index (κ1) is 28.1. The van der Waals surface area contributed by atoms with Gasteiger partial charge in [0.2, 0.25) is 27.7 Å². The zero-order valence-corrected chi connectivity index (χ0v) is 23.5. The summed E-state index contributed by atoms with van der Waals surface area (Å²) in [6.45, 7) is 5.03. The molecule has 0 bridgehead atoms. The lowest BCUT2D eigenvalue weighted by atomic mass is 10.2. The van der Waals surface area contributed by atoms with Gasteiger partial charge in [-0.25, -0.2) is 23.0 Å². The first-order valence-electron chi connectivity index (χ1n) is 11.6. The van der Waals surface area contributed by atoms with Crippen molar-refractivity contribution < 1.29 is 22.6 Å². The maximum Gasteiger partial charge on any atom is 0.245 e. The van der Waals surface area contributed by atoms with E-state index in [1.165, 1.54) is 44.4 Å². The Morgan fingerprint density at radius 3 is 2.18 bits per heavy atom. The molecule has 0 amide bonds. The highest BCUT2D eigenvalue weighted by atomic mass is 35.5. The van der Waals surface area contributed by atoms with Crippen LogP contribution in [-0.2, 0) is 21.8 Å². The summed E-state index contributed by atoms with van der Waals surface area (Å²) in [4.78, 5) is 16.6. The monoisotopic (exact) mass is 578 g/mol. The zero-order chi connectivity index (χ0) is 28.3. The average Bonchev–Trinajstić information content (AvgIpc) is 3.52. The summed E-state index contributed by atoms with van der Waals surface area (Å²) in [5, 5.41) is 11.8. The molecule has 4 heterocycles. The van der Waals surface area contributed by atoms with Crippen molar-refractivity contribution in [1.29, 1.82) is 0 Å². The van der Waals surface area contributed by atoms with Crippen LogP contribution < -0.4 is 14.2 Å². The fraction of sp³-hybridized carbons (Fsp3) is 0.409. The first-order chi connectivity index (χ1) is 18.6. The number of anilines is 1. The Labute approximate surface area is 229 Å². The Morgan fingerprint density at radius 1 is 1.00 bits per heavy atom. The minimum absolute atomic E-state index is 0.0860. The number of rotatable bonds is 11. The first-order valence-corrected chi connectivity index (χ1v) is 13.5. The molecule has 4 aromatic heterocycles. The highest BCUT2D eigenvalue weighted by Crippen LogP contribution is 2.35. The van der Waals surface area contributed by atoms with Crippen molar-refractivity contribution in [3.8, 4) is 29.0 Å². The van der Waals surface area contributed by atoms with Crippen LogP contribution in [0.15, 0.2) is 31.0 Å². The molecule has 0 aliphatic carbocycles. The molecular weight excluding hydrogens is 552 g/mol. The molecule has 4 rings (SSSR count). The lowest BCUT2D eigenvalue weighted by Gasteiger charge is -2.25. The van der Waals surface area contributed by atoms with E-state index in [0.29, 0.717) is 10.7 Å². The van der Waals surface area contributed by atoms with Gasteiger partial charge in [0.15, 0.2) is 17.3 Å². The van der Waals surface area contributed by atoms with E-state index in [4.69, 9.17) is 25.8 Å². The molecule has 0 unspecified atom stereocenters. The summed E-state index contributed by atoms with van der Waals surface area (Å²) in [5.74, 6) is 0.324. The van der Waals surface area contributed by atoms with Crippen LogP contribution in [0.3, 0.4) is 0 Å². The van der Waals surface area contributed by atoms with Gasteiger partial charge >= 0.3 is 0 Å². The molecular formula is C22H27ClN10O5S. The summed E-state index contributed by atoms with van der Waals surface area (Å²) >= 11 is 5.93. The van der Waals surface area contributed by atoms with E-state index >= 15 is 0 Å². The van der Waals surface area contributed by atoms with Gasteiger partial charge in [-0.05, 0) is 26.8 Å². The topological polar surface area (TPSA) is 174 Å². The summed E-state index contributed by atoms with van der Waals surface area (Å²) < 4.78 is 49.7. The van der Waals surface area contributed by atoms with Crippen LogP contribution in [0.4, 0.5) is 5.95 Å². The van der Waals surface area contributed by atoms with Crippen LogP contribution >= 0.6 is 11.6 Å². The maximum atomic E-state index is 13.7. The molecule has 0 saturated heterocycles. The second-order valence-electron chi connectivity index (χ2n) is 8.52. The molecule has 1 N–H and O–H groups in total. The Morgan fingerprint density at radius 2 is 1.64 bits per heavy atom. The molecule has 0 fully saturated rings. The van der Waals surface area contributed by atoms with Gasteiger partial charge in [0.05, 0.1) is 25.3 Å². The molecule has 0 aliphatic rings. The van der Waals surface area contributed by atoms with Gasteiger partial charge in [-0.2, -0.15) is 15.1 Å². The molecule has 17 heteroatoms. The fourth-order valence-electron chi connectivity index (χ4n) is 3.63. The third kappa shape index (κ3) is 5.91. The number of nitrogens with one attached hydrogen (secondary N) is 1. The van der Waals surface area contributed by atoms with Gasteiger partial charge in [-0.1, -0.05) is 11.6 Å². The number of aromatic nitrogens is 9. The Hall–Kier alpha value is -3.89. The van der Waals surface area contributed by atoms with Crippen molar-refractivity contribution in [3.63, 3.8) is 0 Å². The smallest absolute Gasteiger partial charge is 0.245 e. The van der Waals surface area contributed by atoms with Crippen molar-refractivity contribution >= 4 is 27.6 Å². The number of hydrogen-bond donors (Lipinski definition) is 1. The molecule has 2 atom stereocenters. The number of halogens is 1. The lowest BCUT2D eigenvalue weighted by molar-refractivity contribution is 0.00154. The Balaban J connectivity index is 1.83. The fourth-order valence-corrected chi connectivity index (χ4v) is 4.81. The molecule has 0 saturated carbocycles. The number of nitrogens with zero attached hydrogens (tertiary/aromatic N) is 9. The number of ether oxygens (including phenoxy) is 3. The third-order valence-electron chi connectivity index (χ3n) is 5.43. The third-order valence-corrected chi connectivity index (χ3v) is 7.32. The van der Waals surface area contributed by atoms with Gasteiger partial charge in [0, 0.05) is 25.6 Å². The van der Waals surface area contributed by atoms with Crippen molar-refractivity contribution in [1.82, 2.24) is 44.5 Å². The van der Waals surface area contributed by atoms with E-state index in [9.17, 15) is 8.42 Å². The molecule has 4 aromatic rings. The van der Waals surface area contributed by atoms with Gasteiger partial charge in [0.1, 0.15) is 23.4 Å². The van der Waals surface area contributed by atoms with E-state index in [0.717, 1.165) is 0 Å². The normalized spacial score (nSPS) is 13.3. The van der Waals surface area contributed by atoms with E-state index in [1.54, 1.807) is 37.8 Å². The number of sulfonamides is 1. The molecule has 15 nitrogen and oxygen atoms in total. The summed E-state index contributed by atoms with van der Waals surface area (Å²) in [5.41, 5.74) is 0.557. The predicted octanol–water partition coefficient (Wildman–Crippen LogP) is 2.21. The van der Waals surface area contributed by atoms with Crippen LogP contribution in [0.25, 0.3) is 17.2 Å². The molecule has 39 heavy (non-hydrogen) atoms. The van der Waals surface area contributed by atoms with Crippen LogP contribution in [0.5, 0.6) is 11.8 Å². The molecule has 0 spiro atoms. The Kier molecular flexibility index (Phi) is 8.27. The van der Waals surface area contributed by atoms with Gasteiger partial charge in [-0.3, -0.25) is 9.40 Å². The standard InChI is InChI=1S/C22H27ClN10O5S/c1-12(2)38-17(18-24-9-14(23)10-25-18)13(3)39(34,35)31-22-29-28-19(15-7-8-32(4)30-15)33(22)16-20(36-5)26-11-27-21(16)37-6/h7-13,17H,1-6H3,(H,29,31)/t13-,17+/m0/s1. The van der Waals surface area contributed by atoms with E-state index in [2.05, 4.69) is 40.0 Å². The van der Waals surface area contributed by atoms with Crippen LogP contribution in [0.2, 0.25) is 5.02 Å². The lowest BCUT2D eigenvalue weighted by Crippen LogP contribution is -2.35. The van der Waals surface area contributed by atoms with E-state index in [1.807, 2.05) is 0 Å². The van der Waals surface area contributed by atoms with Crippen molar-refractivity contribution in [3.05, 3.63) is 41.8 Å². The number of methoxy groups -OCH3 is 2. The van der Waals surface area contributed by atoms with Gasteiger partial charge in [0.25, 0.3) is 0 Å². The van der Waals surface area contributed by atoms with Gasteiger partial charge in [-0.15, -0.1) is 10.2 Å². The number of hydrogen-bond acceptors (Lipinski definition) is 12. The van der Waals surface area contributed by atoms with Gasteiger partial charge < -0.3 is 14.2 Å². The minimum atomic E-state index is -4.21. The summed E-state index contributed by atoms with van der Waals surface area (Å²) in [7, 11) is 0.332. The van der Waals surface area contributed by atoms with Crippen molar-refractivity contribution in [2.75, 3.05) is 18.9 Å². The van der Waals surface area contributed by atoms with Crippen LogP contribution in [0.1, 0.15) is 32.7 Å². The molecule has 0 radical (unpaired) electrons. The maximum absolute atomic E-state index is 13.7. The highest BCUT2D eigenvalue weighted by molar-refractivity contribution is 7.93. The molecule has 208 valence electrons. The number of aryl methyl sites for hydroxylation is 1. The van der Waals surface area contributed by atoms with Crippen molar-refractivity contribution in [2.45, 2.75) is 38.2 Å². The second-order valence-corrected chi connectivity index (χ2v) is 11.0. The van der Waals surface area contributed by atoms with Crippen LogP contribution in [-0.4, -0.2) is 78.5 Å². The van der Waals surface area contributed by atoms with E-state index in [-0.39, 0.29) is 41.1 Å². The highest BCUT2D eigenvalue weighted by Gasteiger charge is 2.36.